The van der Waals surface area contributed by atoms with Crippen LogP contribution in [0.5, 0.6) is 0 Å². The van der Waals surface area contributed by atoms with Gasteiger partial charge in [-0.05, 0) is 62.1 Å². The summed E-state index contributed by atoms with van der Waals surface area (Å²) in [5.74, 6) is 0. The lowest BCUT2D eigenvalue weighted by Crippen LogP contribution is -2.31. The van der Waals surface area contributed by atoms with E-state index < -0.39 is 20.4 Å². The van der Waals surface area contributed by atoms with E-state index >= 15 is 0 Å². The van der Waals surface area contributed by atoms with Crippen molar-refractivity contribution in [1.82, 2.24) is 4.90 Å². The van der Waals surface area contributed by atoms with E-state index in [1.165, 1.54) is 58.2 Å². The highest BCUT2D eigenvalue weighted by atomic mass is 35.5. The third kappa shape index (κ3) is 13.6. The molecule has 0 spiro atoms. The summed E-state index contributed by atoms with van der Waals surface area (Å²) in [5.41, 5.74) is 0. The molecular formula is C13H29Cl2NO7P2. The van der Waals surface area contributed by atoms with Crippen molar-refractivity contribution in [3.05, 3.63) is 0 Å². The molecule has 0 atom stereocenters. The van der Waals surface area contributed by atoms with Gasteiger partial charge in [-0.25, -0.2) is 18.2 Å². The molecule has 1 aliphatic rings. The van der Waals surface area contributed by atoms with E-state index in [1.54, 1.807) is 0 Å². The van der Waals surface area contributed by atoms with Gasteiger partial charge >= 0.3 is 20.4 Å². The molecule has 1 heterocycles. The Bertz CT molecular complexity index is 431. The van der Waals surface area contributed by atoms with Crippen molar-refractivity contribution in [3.63, 3.8) is 0 Å². The van der Waals surface area contributed by atoms with E-state index in [4.69, 9.17) is 33.0 Å². The van der Waals surface area contributed by atoms with Crippen LogP contribution in [0.4, 0.5) is 0 Å². The molecule has 0 aromatic rings. The molecule has 2 N–H and O–H groups in total. The van der Waals surface area contributed by atoms with Crippen LogP contribution in [0.1, 0.15) is 59.3 Å². The number of rotatable bonds is 11. The van der Waals surface area contributed by atoms with Crippen LogP contribution in [0, 0.1) is 0 Å². The Morgan fingerprint density at radius 2 is 1.36 bits per heavy atom. The number of unbranched alkanes of at least 4 members (excludes halogenated alkanes) is 3. The number of alkyl halides is 2. The fraction of sp³-hybridized carbons (Fsp3) is 1.00. The minimum Gasteiger partial charge on any atom is -0.303 e. The highest BCUT2D eigenvalue weighted by Gasteiger charge is 2.58. The maximum absolute atomic E-state index is 10.8. The van der Waals surface area contributed by atoms with Gasteiger partial charge in [-0.1, -0.05) is 40.0 Å². The Hall–Kier alpha value is 0.800. The van der Waals surface area contributed by atoms with Gasteiger partial charge in [-0.2, -0.15) is 4.31 Å². The molecule has 1 fully saturated rings. The van der Waals surface area contributed by atoms with Crippen molar-refractivity contribution in [2.24, 2.45) is 0 Å². The number of phosphoric acid groups is 2. The van der Waals surface area contributed by atoms with Crippen LogP contribution in [0.2, 0.25) is 0 Å². The molecule has 12 heteroatoms. The number of phosphoric ester groups is 1. The Labute approximate surface area is 160 Å². The Morgan fingerprint density at radius 3 is 1.60 bits per heavy atom. The van der Waals surface area contributed by atoms with E-state index in [9.17, 15) is 9.13 Å². The van der Waals surface area contributed by atoms with Gasteiger partial charge in [-0.15, -0.1) is 0 Å². The van der Waals surface area contributed by atoms with Gasteiger partial charge in [-0.3, -0.25) is 0 Å². The van der Waals surface area contributed by atoms with Crippen LogP contribution in [-0.4, -0.2) is 39.0 Å². The average Bonchev–Trinajstić information content (AvgIpc) is 2.42. The average molecular weight is 444 g/mol. The fourth-order valence-corrected chi connectivity index (χ4v) is 4.77. The number of hydrogen-bond donors (Lipinski definition) is 2. The lowest BCUT2D eigenvalue weighted by atomic mass is 10.2. The molecule has 0 bridgehead atoms. The van der Waals surface area contributed by atoms with Crippen molar-refractivity contribution >= 4 is 38.8 Å². The van der Waals surface area contributed by atoms with Crippen LogP contribution < -0.4 is 0 Å². The zero-order valence-electron chi connectivity index (χ0n) is 14.9. The molecule has 0 aromatic heterocycles. The van der Waals surface area contributed by atoms with Gasteiger partial charge in [0.1, 0.15) is 0 Å². The predicted molar refractivity (Wildman–Crippen MR) is 98.5 cm³/mol. The van der Waals surface area contributed by atoms with Crippen LogP contribution in [-0.2, 0) is 22.5 Å². The minimum atomic E-state index is -4.94. The molecule has 8 nitrogen and oxygen atoms in total. The molecular weight excluding hydrogens is 415 g/mol. The smallest absolute Gasteiger partial charge is 0.303 e. The zero-order valence-corrected chi connectivity index (χ0v) is 18.2. The van der Waals surface area contributed by atoms with Crippen LogP contribution in [0.3, 0.4) is 0 Å². The summed E-state index contributed by atoms with van der Waals surface area (Å²) >= 11 is 10.1. The Morgan fingerprint density at radius 1 is 1.00 bits per heavy atom. The SMILES string of the molecule is CCCCN(CCCC)CCCC.O=P(O)(O)OP1(=O)OC(Cl)(Cl)O1. The maximum atomic E-state index is 10.8. The summed E-state index contributed by atoms with van der Waals surface area (Å²) in [6.07, 6.45) is 8.09. The van der Waals surface area contributed by atoms with Gasteiger partial charge in [0.25, 0.3) is 0 Å². The highest BCUT2D eigenvalue weighted by Crippen LogP contribution is 2.73. The van der Waals surface area contributed by atoms with Crippen LogP contribution in [0.15, 0.2) is 0 Å². The van der Waals surface area contributed by atoms with Crippen LogP contribution >= 0.6 is 38.8 Å². The standard InChI is InChI=1S/C12H27N.CH2Cl2O7P2/c1-4-7-10-13(11-8-5-2)12-9-6-3;2-1(3)8-12(7,9-1)10-11(4,5)6/h4-12H2,1-3H3;(H2,4,5,6). The highest BCUT2D eigenvalue weighted by molar-refractivity contribution is 7.62. The molecule has 0 unspecified atom stereocenters. The minimum absolute atomic E-state index is 1.32. The molecule has 1 rings (SSSR count). The van der Waals surface area contributed by atoms with Crippen molar-refractivity contribution < 1.29 is 32.3 Å². The Kier molecular flexibility index (Phi) is 12.7. The molecule has 0 aromatic carbocycles. The normalized spacial score (nSPS) is 18.4. The summed E-state index contributed by atoms with van der Waals surface area (Å²) in [4.78, 5) is 19.0. The van der Waals surface area contributed by atoms with Gasteiger partial charge in [0.15, 0.2) is 0 Å². The molecule has 1 saturated heterocycles. The second kappa shape index (κ2) is 12.3. The number of nitrogens with zero attached hydrogens (tertiary/aromatic N) is 1. The summed E-state index contributed by atoms with van der Waals surface area (Å²) in [7, 11) is -9.20. The third-order valence-corrected chi connectivity index (χ3v) is 6.48. The zero-order chi connectivity index (χ0) is 19.6. The molecule has 0 amide bonds. The van der Waals surface area contributed by atoms with Gasteiger partial charge < -0.3 is 14.7 Å². The van der Waals surface area contributed by atoms with E-state index in [0.717, 1.165) is 0 Å². The van der Waals surface area contributed by atoms with Gasteiger partial charge in [0, 0.05) is 0 Å². The predicted octanol–water partition coefficient (Wildman–Crippen LogP) is 5.03. The van der Waals surface area contributed by atoms with Crippen molar-refractivity contribution in [1.29, 1.82) is 0 Å². The second-order valence-electron chi connectivity index (χ2n) is 5.57. The van der Waals surface area contributed by atoms with E-state index in [-0.39, 0.29) is 0 Å². The summed E-state index contributed by atoms with van der Waals surface area (Å²) in [6.45, 7) is 10.8. The van der Waals surface area contributed by atoms with E-state index in [1.807, 2.05) is 0 Å². The maximum Gasteiger partial charge on any atom is 0.492 e. The van der Waals surface area contributed by atoms with Gasteiger partial charge in [0.05, 0.1) is 0 Å². The summed E-state index contributed by atoms with van der Waals surface area (Å²) in [5, 5.41) is 0. The molecule has 1 aliphatic heterocycles. The quantitative estimate of drug-likeness (QED) is 0.338. The lowest BCUT2D eigenvalue weighted by Gasteiger charge is -2.34. The monoisotopic (exact) mass is 443 g/mol. The topological polar surface area (TPSA) is 106 Å². The largest absolute Gasteiger partial charge is 0.492 e. The first-order valence-electron chi connectivity index (χ1n) is 8.35. The summed E-state index contributed by atoms with van der Waals surface area (Å²) < 4.78 is 30.4. The number of hydrogen-bond acceptors (Lipinski definition) is 6. The van der Waals surface area contributed by atoms with Crippen molar-refractivity contribution in [2.45, 2.75) is 64.0 Å². The third-order valence-electron chi connectivity index (χ3n) is 3.13. The molecule has 25 heavy (non-hydrogen) atoms. The van der Waals surface area contributed by atoms with Crippen molar-refractivity contribution in [3.8, 4) is 0 Å². The first-order valence-corrected chi connectivity index (χ1v) is 12.1. The second-order valence-corrected chi connectivity index (χ2v) is 9.65. The van der Waals surface area contributed by atoms with Crippen molar-refractivity contribution in [2.75, 3.05) is 19.6 Å². The van der Waals surface area contributed by atoms with E-state index in [0.29, 0.717) is 0 Å². The molecule has 0 radical (unpaired) electrons. The van der Waals surface area contributed by atoms with Gasteiger partial charge in [0.2, 0.25) is 0 Å². The number of halogens is 2. The first-order chi connectivity index (χ1) is 11.5. The molecule has 152 valence electrons. The molecule has 0 aliphatic carbocycles. The first kappa shape index (κ1) is 25.8. The summed E-state index contributed by atoms with van der Waals surface area (Å²) in [6, 6.07) is 0. The van der Waals surface area contributed by atoms with E-state index in [2.05, 4.69) is 39.0 Å². The lowest BCUT2D eigenvalue weighted by molar-refractivity contribution is -0.0926. The fourth-order valence-electron chi connectivity index (χ4n) is 1.91. The molecule has 0 saturated carbocycles. The van der Waals surface area contributed by atoms with Crippen LogP contribution in [0.25, 0.3) is 0 Å². The Balaban J connectivity index is 0.000000462.